The van der Waals surface area contributed by atoms with Crippen LogP contribution < -0.4 is 5.32 Å². The van der Waals surface area contributed by atoms with Crippen molar-refractivity contribution in [2.75, 3.05) is 32.7 Å². The molecule has 8 heteroatoms. The molecule has 1 aromatic carbocycles. The first kappa shape index (κ1) is 23.9. The van der Waals surface area contributed by atoms with Crippen molar-refractivity contribution in [1.29, 1.82) is 0 Å². The van der Waals surface area contributed by atoms with E-state index >= 15 is 0 Å². The molecule has 35 heavy (non-hydrogen) atoms. The van der Waals surface area contributed by atoms with E-state index in [1.54, 1.807) is 6.07 Å². The van der Waals surface area contributed by atoms with Crippen LogP contribution in [-0.4, -0.2) is 75.5 Å². The number of carbonyl (C=O) groups is 2. The Balaban J connectivity index is 1.06. The highest BCUT2D eigenvalue weighted by atomic mass is 16.3. The molecule has 8 nitrogen and oxygen atoms in total. The van der Waals surface area contributed by atoms with Gasteiger partial charge in [0.2, 0.25) is 5.91 Å². The number of hydrogen-bond donors (Lipinski definition) is 2. The molecule has 0 unspecified atom stereocenters. The second-order valence-electron chi connectivity index (χ2n) is 10.3. The number of hydrogen-bond acceptors (Lipinski definition) is 6. The number of amides is 2. The molecule has 2 aromatic rings. The van der Waals surface area contributed by atoms with Crippen molar-refractivity contribution >= 4 is 11.8 Å². The molecule has 2 N–H and O–H groups in total. The first-order chi connectivity index (χ1) is 17.0. The van der Waals surface area contributed by atoms with Gasteiger partial charge < -0.3 is 15.3 Å². The summed E-state index contributed by atoms with van der Waals surface area (Å²) in [6.07, 6.45) is 6.60. The molecule has 5 rings (SSSR count). The Labute approximate surface area is 206 Å². The molecule has 1 saturated carbocycles. The SMILES string of the molecule is O=C(NC[C@H](O)CN1CCc2ccccc2C1)c1cc(CC2CCN(C(=O)C3CC3)CC2)ncn1. The number of benzene rings is 1. The third-order valence-corrected chi connectivity index (χ3v) is 7.48. The van der Waals surface area contributed by atoms with Crippen LogP contribution in [0.3, 0.4) is 0 Å². The average Bonchev–Trinajstić information content (AvgIpc) is 3.73. The molecule has 0 spiro atoms. The van der Waals surface area contributed by atoms with Gasteiger partial charge in [-0.1, -0.05) is 24.3 Å². The number of rotatable bonds is 8. The van der Waals surface area contributed by atoms with Crippen LogP contribution in [0.1, 0.15) is 53.0 Å². The van der Waals surface area contributed by atoms with Crippen LogP contribution in [0, 0.1) is 11.8 Å². The smallest absolute Gasteiger partial charge is 0.270 e. The Morgan fingerprint density at radius 2 is 1.83 bits per heavy atom. The van der Waals surface area contributed by atoms with Crippen LogP contribution in [0.15, 0.2) is 36.7 Å². The second kappa shape index (κ2) is 10.8. The van der Waals surface area contributed by atoms with E-state index in [1.807, 2.05) is 11.0 Å². The molecule has 186 valence electrons. The van der Waals surface area contributed by atoms with Crippen molar-refractivity contribution < 1.29 is 14.7 Å². The molecular formula is C27H35N5O3. The van der Waals surface area contributed by atoms with E-state index < -0.39 is 6.10 Å². The molecule has 1 saturated heterocycles. The van der Waals surface area contributed by atoms with Crippen LogP contribution in [-0.2, 0) is 24.2 Å². The maximum atomic E-state index is 12.7. The zero-order valence-electron chi connectivity index (χ0n) is 20.2. The minimum atomic E-state index is -0.644. The molecule has 3 heterocycles. The summed E-state index contributed by atoms with van der Waals surface area (Å²) in [6.45, 7) is 4.07. The fourth-order valence-corrected chi connectivity index (χ4v) is 5.25. The fraction of sp³-hybridized carbons (Fsp3) is 0.556. The summed E-state index contributed by atoms with van der Waals surface area (Å²) in [5, 5.41) is 13.3. The van der Waals surface area contributed by atoms with Crippen molar-refractivity contribution in [2.24, 2.45) is 11.8 Å². The third kappa shape index (κ3) is 6.24. The number of fused-ring (bicyclic) bond motifs is 1. The monoisotopic (exact) mass is 477 g/mol. The van der Waals surface area contributed by atoms with Crippen molar-refractivity contribution in [1.82, 2.24) is 25.1 Å². The van der Waals surface area contributed by atoms with E-state index in [2.05, 4.69) is 38.4 Å². The van der Waals surface area contributed by atoms with Gasteiger partial charge in [-0.3, -0.25) is 14.5 Å². The van der Waals surface area contributed by atoms with E-state index in [4.69, 9.17) is 0 Å². The third-order valence-electron chi connectivity index (χ3n) is 7.48. The fourth-order valence-electron chi connectivity index (χ4n) is 5.25. The van der Waals surface area contributed by atoms with Gasteiger partial charge in [-0.25, -0.2) is 9.97 Å². The average molecular weight is 478 g/mol. The van der Waals surface area contributed by atoms with E-state index in [9.17, 15) is 14.7 Å². The topological polar surface area (TPSA) is 98.7 Å². The zero-order chi connectivity index (χ0) is 24.2. The lowest BCUT2D eigenvalue weighted by molar-refractivity contribution is -0.133. The molecule has 1 aliphatic carbocycles. The lowest BCUT2D eigenvalue weighted by Crippen LogP contribution is -2.42. The maximum Gasteiger partial charge on any atom is 0.270 e. The molecule has 1 aromatic heterocycles. The Bertz CT molecular complexity index is 1050. The number of nitrogens with one attached hydrogen (secondary N) is 1. The molecule has 0 radical (unpaired) electrons. The summed E-state index contributed by atoms with van der Waals surface area (Å²) in [5.74, 6) is 0.781. The molecule has 1 atom stereocenters. The van der Waals surface area contributed by atoms with E-state index in [0.29, 0.717) is 24.1 Å². The molecule has 2 amide bonds. The van der Waals surface area contributed by atoms with Gasteiger partial charge in [0.25, 0.3) is 5.91 Å². The zero-order valence-corrected chi connectivity index (χ0v) is 20.2. The van der Waals surface area contributed by atoms with Crippen LogP contribution in [0.25, 0.3) is 0 Å². The first-order valence-electron chi connectivity index (χ1n) is 12.9. The van der Waals surface area contributed by atoms with Gasteiger partial charge >= 0.3 is 0 Å². The lowest BCUT2D eigenvalue weighted by atomic mass is 9.91. The van der Waals surface area contributed by atoms with E-state index in [-0.39, 0.29) is 18.4 Å². The number of aliphatic hydroxyl groups excluding tert-OH is 1. The van der Waals surface area contributed by atoms with Gasteiger partial charge in [0, 0.05) is 50.9 Å². The largest absolute Gasteiger partial charge is 0.390 e. The number of β-amino-alcohol motifs (C(OH)–C–C–N with tert-alkyl or cyclic N) is 1. The van der Waals surface area contributed by atoms with Crippen molar-refractivity contribution in [3.05, 3.63) is 59.2 Å². The minimum Gasteiger partial charge on any atom is -0.390 e. The molecular weight excluding hydrogens is 442 g/mol. The lowest BCUT2D eigenvalue weighted by Gasteiger charge is -2.32. The van der Waals surface area contributed by atoms with Gasteiger partial charge in [0.05, 0.1) is 6.10 Å². The number of nitrogens with zero attached hydrogens (tertiary/aromatic N) is 4. The second-order valence-corrected chi connectivity index (χ2v) is 10.3. The van der Waals surface area contributed by atoms with E-state index in [0.717, 1.165) is 70.4 Å². The highest BCUT2D eigenvalue weighted by Gasteiger charge is 2.35. The van der Waals surface area contributed by atoms with E-state index in [1.165, 1.54) is 17.5 Å². The van der Waals surface area contributed by atoms with Crippen molar-refractivity contribution in [3.8, 4) is 0 Å². The maximum absolute atomic E-state index is 12.7. The normalized spacial score (nSPS) is 19.7. The minimum absolute atomic E-state index is 0.184. The Kier molecular flexibility index (Phi) is 7.39. The van der Waals surface area contributed by atoms with Crippen LogP contribution in [0.2, 0.25) is 0 Å². The summed E-state index contributed by atoms with van der Waals surface area (Å²) >= 11 is 0. The van der Waals surface area contributed by atoms with Crippen molar-refractivity contribution in [2.45, 2.75) is 51.2 Å². The highest BCUT2D eigenvalue weighted by Crippen LogP contribution is 2.32. The number of likely N-dealkylation sites (tertiary alicyclic amines) is 1. The van der Waals surface area contributed by atoms with Gasteiger partial charge in [-0.15, -0.1) is 0 Å². The van der Waals surface area contributed by atoms with Crippen LogP contribution in [0.5, 0.6) is 0 Å². The number of aromatic nitrogens is 2. The van der Waals surface area contributed by atoms with Crippen LogP contribution >= 0.6 is 0 Å². The van der Waals surface area contributed by atoms with Gasteiger partial charge in [-0.2, -0.15) is 0 Å². The van der Waals surface area contributed by atoms with Crippen LogP contribution in [0.4, 0.5) is 0 Å². The summed E-state index contributed by atoms with van der Waals surface area (Å²) in [6, 6.07) is 10.2. The number of aliphatic hydroxyl groups is 1. The van der Waals surface area contributed by atoms with Gasteiger partial charge in [-0.05, 0) is 61.6 Å². The van der Waals surface area contributed by atoms with Gasteiger partial charge in [0.1, 0.15) is 12.0 Å². The number of carbonyl (C=O) groups excluding carboxylic acids is 2. The predicted octanol–water partition coefficient (Wildman–Crippen LogP) is 1.82. The summed E-state index contributed by atoms with van der Waals surface area (Å²) in [5.41, 5.74) is 3.87. The molecule has 0 bridgehead atoms. The van der Waals surface area contributed by atoms with Gasteiger partial charge in [0.15, 0.2) is 0 Å². The Morgan fingerprint density at radius 3 is 2.60 bits per heavy atom. The summed E-state index contributed by atoms with van der Waals surface area (Å²) in [4.78, 5) is 37.7. The summed E-state index contributed by atoms with van der Waals surface area (Å²) < 4.78 is 0. The first-order valence-corrected chi connectivity index (χ1v) is 12.9. The van der Waals surface area contributed by atoms with Crippen molar-refractivity contribution in [3.63, 3.8) is 0 Å². The predicted molar refractivity (Wildman–Crippen MR) is 132 cm³/mol. The number of piperidine rings is 1. The Hall–Kier alpha value is -2.84. The summed E-state index contributed by atoms with van der Waals surface area (Å²) in [7, 11) is 0. The highest BCUT2D eigenvalue weighted by molar-refractivity contribution is 5.92. The molecule has 3 aliphatic rings. The Morgan fingerprint density at radius 1 is 1.06 bits per heavy atom. The standard InChI is InChI=1S/C27H35N5O3/c33-24(17-31-10-9-20-3-1-2-4-22(20)16-31)15-28-26(34)25-14-23(29-18-30-25)13-19-7-11-32(12-8-19)27(35)21-5-6-21/h1-4,14,18-19,21,24,33H,5-13,15-17H2,(H,28,34)/t24-/m0/s1. The molecule has 2 aliphatic heterocycles. The quantitative estimate of drug-likeness (QED) is 0.602. The molecule has 2 fully saturated rings.